The molecule has 0 unspecified atom stereocenters. The summed E-state index contributed by atoms with van der Waals surface area (Å²) in [6.45, 7) is 0. The molecule has 1 rings (SSSR count). The Hall–Kier alpha value is -0.790. The van der Waals surface area contributed by atoms with E-state index >= 15 is 0 Å². The quantitative estimate of drug-likeness (QED) is 0.764. The summed E-state index contributed by atoms with van der Waals surface area (Å²) in [6, 6.07) is 4.87. The summed E-state index contributed by atoms with van der Waals surface area (Å²) in [5.74, 6) is -0.0441. The van der Waals surface area contributed by atoms with Crippen LogP contribution in [0.3, 0.4) is 0 Å². The summed E-state index contributed by atoms with van der Waals surface area (Å²) in [5, 5.41) is 0. The van der Waals surface area contributed by atoms with Crippen LogP contribution in [0.4, 0.5) is 0 Å². The molecule has 0 spiro atoms. The summed E-state index contributed by atoms with van der Waals surface area (Å²) >= 11 is 0. The molecular weight excluding hydrogens is 264 g/mol. The Morgan fingerprint density at radius 2 is 1.53 bits per heavy atom. The average Bonchev–Trinajstić information content (AvgIpc) is 2.00. The van der Waals surface area contributed by atoms with E-state index in [0.717, 1.165) is 6.26 Å². The lowest BCUT2D eigenvalue weighted by Gasteiger charge is -2.01. The zero-order chi connectivity index (χ0) is 11.7. The highest BCUT2D eigenvalue weighted by atomic mass is 35.7. The van der Waals surface area contributed by atoms with Crippen molar-refractivity contribution < 1.29 is 21.0 Å². The second-order valence-electron chi connectivity index (χ2n) is 2.72. The van der Waals surface area contributed by atoms with Crippen LogP contribution in [-0.2, 0) is 19.2 Å². The van der Waals surface area contributed by atoms with Crippen LogP contribution in [0.15, 0.2) is 29.2 Å². The molecule has 0 aromatic heterocycles. The van der Waals surface area contributed by atoms with Gasteiger partial charge >= 0.3 is 9.33 Å². The standard InChI is InChI=1S/C7H7ClO5S2/c1-14(9,10)7-4-2-6(3-5-7)13-15(8,11)12/h2-5H,1H3. The zero-order valence-corrected chi connectivity index (χ0v) is 9.93. The van der Waals surface area contributed by atoms with E-state index in [9.17, 15) is 16.8 Å². The van der Waals surface area contributed by atoms with Crippen molar-refractivity contribution in [2.75, 3.05) is 6.26 Å². The van der Waals surface area contributed by atoms with Gasteiger partial charge in [0.15, 0.2) is 9.84 Å². The number of sulfone groups is 1. The van der Waals surface area contributed by atoms with Gasteiger partial charge in [-0.2, -0.15) is 8.42 Å². The van der Waals surface area contributed by atoms with Gasteiger partial charge in [0.2, 0.25) is 0 Å². The van der Waals surface area contributed by atoms with Crippen LogP contribution in [0, 0.1) is 0 Å². The van der Waals surface area contributed by atoms with Crippen molar-refractivity contribution >= 4 is 29.9 Å². The van der Waals surface area contributed by atoms with Crippen LogP contribution in [0.2, 0.25) is 0 Å². The third-order valence-electron chi connectivity index (χ3n) is 1.45. The third-order valence-corrected chi connectivity index (χ3v) is 3.16. The molecule has 0 aliphatic rings. The molecule has 8 heteroatoms. The Bertz CT molecular complexity index is 544. The summed E-state index contributed by atoms with van der Waals surface area (Å²) in [5.41, 5.74) is 0. The molecule has 0 bridgehead atoms. The predicted octanol–water partition coefficient (Wildman–Crippen LogP) is 0.953. The van der Waals surface area contributed by atoms with E-state index in [1.807, 2.05) is 0 Å². The average molecular weight is 271 g/mol. The minimum Gasteiger partial charge on any atom is -0.371 e. The van der Waals surface area contributed by atoms with Crippen LogP contribution in [0.5, 0.6) is 5.75 Å². The summed E-state index contributed by atoms with van der Waals surface area (Å²) in [4.78, 5) is 0.0711. The van der Waals surface area contributed by atoms with Crippen LogP contribution in [0.25, 0.3) is 0 Å². The van der Waals surface area contributed by atoms with Gasteiger partial charge in [-0.3, -0.25) is 0 Å². The summed E-state index contributed by atoms with van der Waals surface area (Å²) in [7, 11) is -2.57. The molecular formula is C7H7ClO5S2. The van der Waals surface area contributed by atoms with Gasteiger partial charge in [0, 0.05) is 6.26 Å². The molecule has 0 saturated heterocycles. The largest absolute Gasteiger partial charge is 0.401 e. The molecule has 0 heterocycles. The Morgan fingerprint density at radius 1 is 1.07 bits per heavy atom. The lowest BCUT2D eigenvalue weighted by molar-refractivity contribution is 0.503. The first-order chi connectivity index (χ1) is 6.68. The van der Waals surface area contributed by atoms with Gasteiger partial charge in [0.25, 0.3) is 0 Å². The molecule has 15 heavy (non-hydrogen) atoms. The maximum absolute atomic E-state index is 11.0. The summed E-state index contributed by atoms with van der Waals surface area (Å²) < 4.78 is 47.4. The van der Waals surface area contributed by atoms with Crippen molar-refractivity contribution in [2.24, 2.45) is 0 Å². The van der Waals surface area contributed by atoms with Gasteiger partial charge in [0.1, 0.15) is 5.75 Å². The van der Waals surface area contributed by atoms with Crippen LogP contribution in [0.1, 0.15) is 0 Å². The molecule has 0 aliphatic carbocycles. The number of benzene rings is 1. The molecule has 0 aliphatic heterocycles. The third kappa shape index (κ3) is 4.06. The predicted molar refractivity (Wildman–Crippen MR) is 55.0 cm³/mol. The normalized spacial score (nSPS) is 12.4. The van der Waals surface area contributed by atoms with E-state index in [2.05, 4.69) is 4.18 Å². The van der Waals surface area contributed by atoms with Gasteiger partial charge in [-0.1, -0.05) is 0 Å². The van der Waals surface area contributed by atoms with Gasteiger partial charge in [-0.05, 0) is 24.3 Å². The van der Waals surface area contributed by atoms with Crippen LogP contribution < -0.4 is 4.18 Å². The first-order valence-corrected chi connectivity index (χ1v) is 7.75. The molecule has 0 N–H and O–H groups in total. The van der Waals surface area contributed by atoms with E-state index < -0.39 is 19.2 Å². The molecule has 0 radical (unpaired) electrons. The van der Waals surface area contributed by atoms with Gasteiger partial charge < -0.3 is 4.18 Å². The van der Waals surface area contributed by atoms with Gasteiger partial charge in [-0.25, -0.2) is 8.42 Å². The molecule has 0 atom stereocenters. The van der Waals surface area contributed by atoms with E-state index in [-0.39, 0.29) is 10.6 Å². The van der Waals surface area contributed by atoms with Crippen LogP contribution >= 0.6 is 10.7 Å². The number of hydrogen-bond acceptors (Lipinski definition) is 5. The van der Waals surface area contributed by atoms with E-state index in [4.69, 9.17) is 10.7 Å². The Balaban J connectivity index is 3.02. The van der Waals surface area contributed by atoms with Crippen molar-refractivity contribution in [3.05, 3.63) is 24.3 Å². The number of hydrogen-bond donors (Lipinski definition) is 0. The van der Waals surface area contributed by atoms with Gasteiger partial charge in [-0.15, -0.1) is 0 Å². The molecule has 0 saturated carbocycles. The van der Waals surface area contributed by atoms with Gasteiger partial charge in [0.05, 0.1) is 15.6 Å². The van der Waals surface area contributed by atoms with E-state index in [1.54, 1.807) is 0 Å². The van der Waals surface area contributed by atoms with Crippen molar-refractivity contribution in [3.8, 4) is 5.75 Å². The smallest absolute Gasteiger partial charge is 0.371 e. The van der Waals surface area contributed by atoms with Crippen LogP contribution in [-0.4, -0.2) is 23.1 Å². The number of halogens is 1. The first kappa shape index (κ1) is 12.3. The first-order valence-electron chi connectivity index (χ1n) is 3.63. The maximum Gasteiger partial charge on any atom is 0.401 e. The summed E-state index contributed by atoms with van der Waals surface area (Å²) in [6.07, 6.45) is 1.04. The topological polar surface area (TPSA) is 77.5 Å². The minimum atomic E-state index is -4.10. The molecule has 1 aromatic rings. The van der Waals surface area contributed by atoms with Crippen molar-refractivity contribution in [1.82, 2.24) is 0 Å². The molecule has 0 amide bonds. The molecule has 5 nitrogen and oxygen atoms in total. The molecule has 0 fully saturated rings. The van der Waals surface area contributed by atoms with Crippen molar-refractivity contribution in [2.45, 2.75) is 4.90 Å². The second-order valence-corrected chi connectivity index (χ2v) is 6.82. The van der Waals surface area contributed by atoms with E-state index in [1.165, 1.54) is 24.3 Å². The number of rotatable bonds is 3. The maximum atomic E-state index is 11.0. The fraction of sp³-hybridized carbons (Fsp3) is 0.143. The SMILES string of the molecule is CS(=O)(=O)c1ccc(OS(=O)(=O)Cl)cc1. The Morgan fingerprint density at radius 3 is 1.87 bits per heavy atom. The Kier molecular flexibility index (Phi) is 3.27. The lowest BCUT2D eigenvalue weighted by Crippen LogP contribution is -2.01. The highest BCUT2D eigenvalue weighted by Gasteiger charge is 2.10. The highest BCUT2D eigenvalue weighted by Crippen LogP contribution is 2.18. The zero-order valence-electron chi connectivity index (χ0n) is 7.55. The lowest BCUT2D eigenvalue weighted by atomic mass is 10.3. The monoisotopic (exact) mass is 270 g/mol. The fourth-order valence-corrected chi connectivity index (χ4v) is 2.05. The second kappa shape index (κ2) is 3.99. The fourth-order valence-electron chi connectivity index (χ4n) is 0.857. The van der Waals surface area contributed by atoms with E-state index in [0.29, 0.717) is 0 Å². The van der Waals surface area contributed by atoms with Crippen molar-refractivity contribution in [1.29, 1.82) is 0 Å². The highest BCUT2D eigenvalue weighted by molar-refractivity contribution is 8.10. The molecule has 84 valence electrons. The molecule has 1 aromatic carbocycles. The Labute approximate surface area is 92.2 Å². The minimum absolute atomic E-state index is 0.0441. The van der Waals surface area contributed by atoms with Crippen molar-refractivity contribution in [3.63, 3.8) is 0 Å².